The van der Waals surface area contributed by atoms with Gasteiger partial charge < -0.3 is 14.8 Å². The van der Waals surface area contributed by atoms with Crippen LogP contribution in [0.5, 0.6) is 5.75 Å². The zero-order chi connectivity index (χ0) is 25.3. The van der Waals surface area contributed by atoms with Gasteiger partial charge in [0.1, 0.15) is 22.3 Å². The Balaban J connectivity index is 1.43. The summed E-state index contributed by atoms with van der Waals surface area (Å²) in [6.07, 6.45) is 2.18. The van der Waals surface area contributed by atoms with E-state index in [4.69, 9.17) is 9.47 Å². The normalized spacial score (nSPS) is 20.5. The summed E-state index contributed by atoms with van der Waals surface area (Å²) in [6.45, 7) is 2.55. The zero-order valence-electron chi connectivity index (χ0n) is 20.4. The van der Waals surface area contributed by atoms with Crippen LogP contribution in [0, 0.1) is 12.7 Å². The highest BCUT2D eigenvalue weighted by Crippen LogP contribution is 2.36. The first kappa shape index (κ1) is 24.7. The van der Waals surface area contributed by atoms with Crippen molar-refractivity contribution in [2.75, 3.05) is 32.1 Å². The summed E-state index contributed by atoms with van der Waals surface area (Å²) in [4.78, 5) is 4.68. The highest BCUT2D eigenvalue weighted by Gasteiger charge is 2.34. The molecule has 3 aromatic rings. The Hall–Kier alpha value is -3.01. The molecule has 2 atom stereocenters. The molecule has 1 fully saturated rings. The molecule has 1 N–H and O–H groups in total. The second kappa shape index (κ2) is 10.2. The molecule has 1 aliphatic heterocycles. The molecule has 1 aliphatic carbocycles. The molecule has 1 saturated heterocycles. The minimum atomic E-state index is -3.87. The van der Waals surface area contributed by atoms with Gasteiger partial charge in [0.15, 0.2) is 0 Å². The van der Waals surface area contributed by atoms with Gasteiger partial charge in [-0.2, -0.15) is 4.31 Å². The van der Waals surface area contributed by atoms with Crippen LogP contribution in [0.3, 0.4) is 0 Å². The third-order valence-electron chi connectivity index (χ3n) is 6.87. The molecular formula is C27H30FN3O4S. The van der Waals surface area contributed by atoms with Gasteiger partial charge in [-0.25, -0.2) is 17.8 Å². The van der Waals surface area contributed by atoms with E-state index in [1.54, 1.807) is 19.2 Å². The number of hydrogen-bond donors (Lipinski definition) is 1. The summed E-state index contributed by atoms with van der Waals surface area (Å²) < 4.78 is 54.3. The molecule has 7 nitrogen and oxygen atoms in total. The fourth-order valence-electron chi connectivity index (χ4n) is 4.94. The summed E-state index contributed by atoms with van der Waals surface area (Å²) in [7, 11) is -2.27. The Kier molecular flexibility index (Phi) is 6.96. The number of methoxy groups -OCH3 is 1. The van der Waals surface area contributed by atoms with Crippen LogP contribution in [-0.2, 0) is 21.2 Å². The predicted molar refractivity (Wildman–Crippen MR) is 135 cm³/mol. The van der Waals surface area contributed by atoms with E-state index in [9.17, 15) is 12.8 Å². The van der Waals surface area contributed by atoms with Gasteiger partial charge in [0.25, 0.3) is 0 Å². The Morgan fingerprint density at radius 3 is 2.72 bits per heavy atom. The third kappa shape index (κ3) is 4.96. The summed E-state index contributed by atoms with van der Waals surface area (Å²) in [5.41, 5.74) is 3.52. The predicted octanol–water partition coefficient (Wildman–Crippen LogP) is 4.79. The molecule has 2 heterocycles. The number of fused-ring (bicyclic) bond motifs is 1. The maximum absolute atomic E-state index is 14.0. The Bertz CT molecular complexity index is 1350. The Labute approximate surface area is 211 Å². The van der Waals surface area contributed by atoms with E-state index < -0.39 is 10.0 Å². The van der Waals surface area contributed by atoms with Crippen LogP contribution < -0.4 is 10.1 Å². The number of morpholine rings is 1. The fourth-order valence-corrected chi connectivity index (χ4v) is 6.46. The van der Waals surface area contributed by atoms with Crippen molar-refractivity contribution >= 4 is 15.8 Å². The average Bonchev–Trinajstić information content (AvgIpc) is 2.89. The van der Waals surface area contributed by atoms with Crippen molar-refractivity contribution in [1.82, 2.24) is 9.29 Å². The van der Waals surface area contributed by atoms with Crippen LogP contribution in [0.25, 0.3) is 0 Å². The van der Waals surface area contributed by atoms with Gasteiger partial charge in [0, 0.05) is 18.8 Å². The minimum Gasteiger partial charge on any atom is -0.497 e. The summed E-state index contributed by atoms with van der Waals surface area (Å²) in [5.74, 6) is 0.722. The average molecular weight is 512 g/mol. The standard InChI is InChI=1S/C27H30FN3O4S/c1-18-6-13-26(27(29-18)30-24-5-3-4-19-7-10-21(28)16-23(19)24)36(32,33)31-14-15-35-25(17-31)20-8-11-22(34-2)12-9-20/h6-13,16,24-25H,3-5,14-15,17H2,1-2H3,(H,29,30)/t24-,25?/m0/s1. The molecule has 0 spiro atoms. The second-order valence-electron chi connectivity index (χ2n) is 9.23. The number of hydrogen-bond acceptors (Lipinski definition) is 6. The molecule has 0 bridgehead atoms. The first-order chi connectivity index (χ1) is 17.3. The number of sulfonamides is 1. The number of ether oxygens (including phenoxy) is 2. The lowest BCUT2D eigenvalue weighted by Gasteiger charge is -2.33. The molecule has 0 radical (unpaired) electrons. The van der Waals surface area contributed by atoms with Crippen LogP contribution in [0.2, 0.25) is 0 Å². The number of aromatic nitrogens is 1. The van der Waals surface area contributed by atoms with E-state index >= 15 is 0 Å². The molecular weight excluding hydrogens is 481 g/mol. The maximum atomic E-state index is 14.0. The summed E-state index contributed by atoms with van der Waals surface area (Å²) in [5, 5.41) is 3.35. The molecule has 2 aromatic carbocycles. The molecule has 36 heavy (non-hydrogen) atoms. The lowest BCUT2D eigenvalue weighted by Crippen LogP contribution is -2.42. The number of nitrogens with zero attached hydrogens (tertiary/aromatic N) is 2. The largest absolute Gasteiger partial charge is 0.497 e. The smallest absolute Gasteiger partial charge is 0.246 e. The van der Waals surface area contributed by atoms with Gasteiger partial charge >= 0.3 is 0 Å². The van der Waals surface area contributed by atoms with Gasteiger partial charge in [0.2, 0.25) is 10.0 Å². The number of anilines is 1. The Morgan fingerprint density at radius 1 is 1.14 bits per heavy atom. The van der Waals surface area contributed by atoms with Crippen molar-refractivity contribution < 1.29 is 22.3 Å². The number of nitrogens with one attached hydrogen (secondary N) is 1. The van der Waals surface area contributed by atoms with Gasteiger partial charge in [0.05, 0.1) is 25.9 Å². The van der Waals surface area contributed by atoms with Crippen molar-refractivity contribution in [2.45, 2.75) is 43.2 Å². The lowest BCUT2D eigenvalue weighted by molar-refractivity contribution is -0.00257. The second-order valence-corrected chi connectivity index (χ2v) is 11.1. The topological polar surface area (TPSA) is 80.8 Å². The molecule has 1 unspecified atom stereocenters. The monoisotopic (exact) mass is 511 g/mol. The molecule has 0 amide bonds. The molecule has 190 valence electrons. The first-order valence-electron chi connectivity index (χ1n) is 12.1. The van der Waals surface area contributed by atoms with Crippen LogP contribution >= 0.6 is 0 Å². The quantitative estimate of drug-likeness (QED) is 0.513. The van der Waals surface area contributed by atoms with Crippen molar-refractivity contribution in [2.24, 2.45) is 0 Å². The molecule has 5 rings (SSSR count). The number of benzene rings is 2. The van der Waals surface area contributed by atoms with E-state index in [1.807, 2.05) is 37.3 Å². The lowest BCUT2D eigenvalue weighted by atomic mass is 9.87. The maximum Gasteiger partial charge on any atom is 0.246 e. The van der Waals surface area contributed by atoms with Crippen LogP contribution in [0.1, 0.15) is 47.4 Å². The number of rotatable bonds is 6. The number of halogens is 1. The summed E-state index contributed by atoms with van der Waals surface area (Å²) in [6, 6.07) is 15.4. The van der Waals surface area contributed by atoms with E-state index in [0.29, 0.717) is 11.5 Å². The van der Waals surface area contributed by atoms with Crippen molar-refractivity contribution in [1.29, 1.82) is 0 Å². The van der Waals surface area contributed by atoms with Crippen LogP contribution in [0.4, 0.5) is 10.2 Å². The number of aryl methyl sites for hydroxylation is 2. The van der Waals surface area contributed by atoms with Crippen molar-refractivity contribution in [3.05, 3.63) is 82.8 Å². The van der Waals surface area contributed by atoms with Gasteiger partial charge in [-0.05, 0) is 79.3 Å². The van der Waals surface area contributed by atoms with Gasteiger partial charge in [-0.1, -0.05) is 18.2 Å². The SMILES string of the molecule is COc1ccc(C2CN(S(=O)(=O)c3ccc(C)nc3N[C@H]3CCCc4ccc(F)cc43)CCO2)cc1. The van der Waals surface area contributed by atoms with E-state index in [0.717, 1.165) is 41.7 Å². The molecule has 1 aromatic heterocycles. The van der Waals surface area contributed by atoms with E-state index in [-0.39, 0.29) is 42.6 Å². The van der Waals surface area contributed by atoms with E-state index in [1.165, 1.54) is 16.4 Å². The van der Waals surface area contributed by atoms with Crippen LogP contribution in [0.15, 0.2) is 59.5 Å². The highest BCUT2D eigenvalue weighted by molar-refractivity contribution is 7.89. The third-order valence-corrected chi connectivity index (χ3v) is 8.76. The fraction of sp³-hybridized carbons (Fsp3) is 0.370. The molecule has 9 heteroatoms. The summed E-state index contributed by atoms with van der Waals surface area (Å²) >= 11 is 0. The highest BCUT2D eigenvalue weighted by atomic mass is 32.2. The van der Waals surface area contributed by atoms with Crippen LogP contribution in [-0.4, -0.2) is 44.5 Å². The van der Waals surface area contributed by atoms with Crippen molar-refractivity contribution in [3.63, 3.8) is 0 Å². The van der Waals surface area contributed by atoms with Gasteiger partial charge in [-0.3, -0.25) is 0 Å². The van der Waals surface area contributed by atoms with Crippen molar-refractivity contribution in [3.8, 4) is 5.75 Å². The minimum absolute atomic E-state index is 0.118. The zero-order valence-corrected chi connectivity index (χ0v) is 21.2. The first-order valence-corrected chi connectivity index (χ1v) is 13.6. The van der Waals surface area contributed by atoms with E-state index in [2.05, 4.69) is 10.3 Å². The van der Waals surface area contributed by atoms with Gasteiger partial charge in [-0.15, -0.1) is 0 Å². The number of pyridine rings is 1. The Morgan fingerprint density at radius 2 is 1.94 bits per heavy atom. The molecule has 0 saturated carbocycles. The molecule has 2 aliphatic rings.